The highest BCUT2D eigenvalue weighted by molar-refractivity contribution is 7.08. The van der Waals surface area contributed by atoms with E-state index in [1.165, 1.54) is 27.8 Å². The van der Waals surface area contributed by atoms with Crippen LogP contribution in [-0.2, 0) is 4.79 Å². The fraction of sp³-hybridized carbons (Fsp3) is 0.450. The van der Waals surface area contributed by atoms with Gasteiger partial charge in [0.2, 0.25) is 0 Å². The molecule has 2 aromatic rings. The molecule has 134 valence electrons. The number of thiophene rings is 2. The second-order valence-electron chi connectivity index (χ2n) is 6.77. The molecular weight excluding hydrogens is 350 g/mol. The number of hydrogen-bond acceptors (Lipinski definition) is 4. The summed E-state index contributed by atoms with van der Waals surface area (Å²) in [4.78, 5) is 13.4. The Morgan fingerprint density at radius 1 is 1.20 bits per heavy atom. The first-order chi connectivity index (χ1) is 12.1. The lowest BCUT2D eigenvalue weighted by atomic mass is 9.96. The highest BCUT2D eigenvalue weighted by Gasteiger charge is 2.25. The van der Waals surface area contributed by atoms with E-state index in [0.717, 1.165) is 32.4 Å². The Bertz CT molecular complexity index is 717. The number of nitrogens with zero attached hydrogens (tertiary/aromatic N) is 1. The fourth-order valence-corrected chi connectivity index (χ4v) is 5.33. The van der Waals surface area contributed by atoms with Crippen LogP contribution >= 0.6 is 22.7 Å². The molecule has 2 aromatic heterocycles. The van der Waals surface area contributed by atoms with Gasteiger partial charge in [-0.05, 0) is 89.0 Å². The SMILES string of the molecule is Cc1cscc1C(=CCCN1CCC[C@H]1CC(=O)O)c1cscc1C. The summed E-state index contributed by atoms with van der Waals surface area (Å²) >= 11 is 3.50. The Kier molecular flexibility index (Phi) is 6.10. The Balaban J connectivity index is 1.75. The van der Waals surface area contributed by atoms with Crippen molar-refractivity contribution in [2.75, 3.05) is 13.1 Å². The molecule has 25 heavy (non-hydrogen) atoms. The molecule has 1 aliphatic heterocycles. The second kappa shape index (κ2) is 8.30. The number of carbonyl (C=O) groups is 1. The summed E-state index contributed by atoms with van der Waals surface area (Å²) in [6.45, 7) is 6.30. The molecule has 0 aromatic carbocycles. The molecule has 0 radical (unpaired) electrons. The lowest BCUT2D eigenvalue weighted by Crippen LogP contribution is -2.32. The number of carboxylic acids is 1. The van der Waals surface area contributed by atoms with Gasteiger partial charge in [0.25, 0.3) is 0 Å². The van der Waals surface area contributed by atoms with Crippen molar-refractivity contribution < 1.29 is 9.90 Å². The van der Waals surface area contributed by atoms with Crippen molar-refractivity contribution in [3.8, 4) is 0 Å². The van der Waals surface area contributed by atoms with Crippen LogP contribution in [0.4, 0.5) is 0 Å². The monoisotopic (exact) mass is 375 g/mol. The molecule has 1 atom stereocenters. The van der Waals surface area contributed by atoms with Gasteiger partial charge in [-0.1, -0.05) is 6.08 Å². The standard InChI is InChI=1S/C20H25NO2S2/c1-14-10-24-12-18(14)17(19-13-25-11-15(19)2)6-4-8-21-7-3-5-16(21)9-20(22)23/h6,10-13,16H,3-5,7-9H2,1-2H3,(H,22,23)/t16-/m0/s1. The number of likely N-dealkylation sites (tertiary alicyclic amines) is 1. The number of carboxylic acid groups (broad SMARTS) is 1. The van der Waals surface area contributed by atoms with Gasteiger partial charge in [0.15, 0.2) is 0 Å². The molecular formula is C20H25NO2S2. The molecule has 1 aliphatic rings. The summed E-state index contributed by atoms with van der Waals surface area (Å²) in [6, 6.07) is 0.208. The topological polar surface area (TPSA) is 40.5 Å². The summed E-state index contributed by atoms with van der Waals surface area (Å²) in [5.41, 5.74) is 6.63. The van der Waals surface area contributed by atoms with Crippen LogP contribution in [0.1, 0.15) is 47.9 Å². The van der Waals surface area contributed by atoms with Gasteiger partial charge in [-0.2, -0.15) is 22.7 Å². The molecule has 1 saturated heterocycles. The molecule has 0 aliphatic carbocycles. The van der Waals surface area contributed by atoms with E-state index in [1.807, 2.05) is 0 Å². The largest absolute Gasteiger partial charge is 0.481 e. The Morgan fingerprint density at radius 2 is 1.84 bits per heavy atom. The summed E-state index contributed by atoms with van der Waals surface area (Å²) in [5.74, 6) is -0.684. The van der Waals surface area contributed by atoms with E-state index in [1.54, 1.807) is 22.7 Å². The van der Waals surface area contributed by atoms with E-state index in [-0.39, 0.29) is 12.5 Å². The third kappa shape index (κ3) is 4.40. The van der Waals surface area contributed by atoms with E-state index in [9.17, 15) is 4.79 Å². The zero-order chi connectivity index (χ0) is 17.8. The molecule has 0 unspecified atom stereocenters. The van der Waals surface area contributed by atoms with Crippen LogP contribution in [0.5, 0.6) is 0 Å². The van der Waals surface area contributed by atoms with Gasteiger partial charge in [-0.3, -0.25) is 9.69 Å². The van der Waals surface area contributed by atoms with Crippen LogP contribution in [0.25, 0.3) is 5.57 Å². The Labute approximate surface area is 157 Å². The van der Waals surface area contributed by atoms with Gasteiger partial charge >= 0.3 is 5.97 Å². The Hall–Kier alpha value is -1.43. The van der Waals surface area contributed by atoms with E-state index < -0.39 is 5.97 Å². The predicted octanol–water partition coefficient (Wildman–Crippen LogP) is 5.19. The first-order valence-electron chi connectivity index (χ1n) is 8.78. The van der Waals surface area contributed by atoms with Gasteiger partial charge in [0, 0.05) is 12.6 Å². The van der Waals surface area contributed by atoms with E-state index in [2.05, 4.69) is 46.3 Å². The van der Waals surface area contributed by atoms with Crippen molar-refractivity contribution in [2.24, 2.45) is 0 Å². The number of aryl methyl sites for hydroxylation is 2. The molecule has 3 rings (SSSR count). The summed E-state index contributed by atoms with van der Waals surface area (Å²) in [5, 5.41) is 18.0. The van der Waals surface area contributed by atoms with Crippen molar-refractivity contribution in [3.05, 3.63) is 49.9 Å². The zero-order valence-electron chi connectivity index (χ0n) is 14.8. The van der Waals surface area contributed by atoms with Crippen LogP contribution in [-0.4, -0.2) is 35.1 Å². The van der Waals surface area contributed by atoms with Crippen LogP contribution in [0.15, 0.2) is 27.6 Å². The molecule has 0 amide bonds. The van der Waals surface area contributed by atoms with Crippen molar-refractivity contribution >= 4 is 34.2 Å². The van der Waals surface area contributed by atoms with Gasteiger partial charge in [0.1, 0.15) is 0 Å². The predicted molar refractivity (Wildman–Crippen MR) is 107 cm³/mol. The third-order valence-electron chi connectivity index (χ3n) is 4.97. The maximum atomic E-state index is 11.0. The smallest absolute Gasteiger partial charge is 0.304 e. The zero-order valence-corrected chi connectivity index (χ0v) is 16.5. The Morgan fingerprint density at radius 3 is 2.36 bits per heavy atom. The van der Waals surface area contributed by atoms with Crippen LogP contribution < -0.4 is 0 Å². The van der Waals surface area contributed by atoms with Crippen molar-refractivity contribution in [1.82, 2.24) is 4.90 Å². The minimum atomic E-state index is -0.684. The number of rotatable bonds is 7. The summed E-state index contributed by atoms with van der Waals surface area (Å²) in [6.07, 6.45) is 5.69. The fourth-order valence-electron chi connectivity index (χ4n) is 3.63. The second-order valence-corrected chi connectivity index (χ2v) is 8.26. The van der Waals surface area contributed by atoms with Crippen molar-refractivity contribution in [2.45, 2.75) is 45.6 Å². The van der Waals surface area contributed by atoms with Crippen molar-refractivity contribution in [3.63, 3.8) is 0 Å². The molecule has 3 heterocycles. The molecule has 0 saturated carbocycles. The maximum absolute atomic E-state index is 11.0. The first-order valence-corrected chi connectivity index (χ1v) is 10.7. The molecule has 1 N–H and O–H groups in total. The molecule has 1 fully saturated rings. The van der Waals surface area contributed by atoms with Gasteiger partial charge in [0.05, 0.1) is 6.42 Å². The normalized spacial score (nSPS) is 17.8. The summed E-state index contributed by atoms with van der Waals surface area (Å²) < 4.78 is 0. The first kappa shape index (κ1) is 18.4. The molecule has 0 bridgehead atoms. The quantitative estimate of drug-likeness (QED) is 0.724. The third-order valence-corrected chi connectivity index (χ3v) is 6.69. The highest BCUT2D eigenvalue weighted by atomic mass is 32.1. The lowest BCUT2D eigenvalue weighted by molar-refractivity contribution is -0.138. The van der Waals surface area contributed by atoms with Crippen LogP contribution in [0, 0.1) is 13.8 Å². The van der Waals surface area contributed by atoms with Crippen molar-refractivity contribution in [1.29, 1.82) is 0 Å². The van der Waals surface area contributed by atoms with Gasteiger partial charge < -0.3 is 5.11 Å². The van der Waals surface area contributed by atoms with E-state index >= 15 is 0 Å². The average molecular weight is 376 g/mol. The lowest BCUT2D eigenvalue weighted by Gasteiger charge is -2.22. The van der Waals surface area contributed by atoms with Gasteiger partial charge in [-0.15, -0.1) is 0 Å². The van der Waals surface area contributed by atoms with Crippen LogP contribution in [0.2, 0.25) is 0 Å². The molecule has 0 spiro atoms. The summed E-state index contributed by atoms with van der Waals surface area (Å²) in [7, 11) is 0. The maximum Gasteiger partial charge on any atom is 0.304 e. The highest BCUT2D eigenvalue weighted by Crippen LogP contribution is 2.33. The van der Waals surface area contributed by atoms with E-state index in [0.29, 0.717) is 0 Å². The number of aliphatic carboxylic acids is 1. The minimum absolute atomic E-state index is 0.208. The molecule has 5 heteroatoms. The molecule has 3 nitrogen and oxygen atoms in total. The average Bonchev–Trinajstić information content (AvgIpc) is 3.27. The minimum Gasteiger partial charge on any atom is -0.481 e. The van der Waals surface area contributed by atoms with Gasteiger partial charge in [-0.25, -0.2) is 0 Å². The van der Waals surface area contributed by atoms with Crippen LogP contribution in [0.3, 0.4) is 0 Å². The number of hydrogen-bond donors (Lipinski definition) is 1. The van der Waals surface area contributed by atoms with E-state index in [4.69, 9.17) is 5.11 Å².